The number of piperazine rings is 1. The Labute approximate surface area is 193 Å². The van der Waals surface area contributed by atoms with Crippen LogP contribution in [0.15, 0.2) is 47.4 Å². The summed E-state index contributed by atoms with van der Waals surface area (Å²) in [5.74, 6) is -0.994. The van der Waals surface area contributed by atoms with E-state index >= 15 is 0 Å². The third kappa shape index (κ3) is 5.79. The van der Waals surface area contributed by atoms with Crippen molar-refractivity contribution in [2.75, 3.05) is 19.6 Å². The predicted octanol–water partition coefficient (Wildman–Crippen LogP) is 3.95. The number of benzene rings is 2. The van der Waals surface area contributed by atoms with Crippen LogP contribution in [0.3, 0.4) is 0 Å². The first-order chi connectivity index (χ1) is 14.6. The van der Waals surface area contributed by atoms with Crippen LogP contribution in [0.2, 0.25) is 10.0 Å². The van der Waals surface area contributed by atoms with Crippen LogP contribution in [0, 0.1) is 0 Å². The Morgan fingerprint density at radius 2 is 1.71 bits per heavy atom. The van der Waals surface area contributed by atoms with E-state index in [2.05, 4.69) is 4.90 Å². The summed E-state index contributed by atoms with van der Waals surface area (Å²) in [4.78, 5) is 13.4. The maximum absolute atomic E-state index is 13.3. The number of nitrogens with zero attached hydrogens (tertiary/aromatic N) is 2. The maximum atomic E-state index is 13.3. The number of sulfonamides is 1. The maximum Gasteiger partial charge on any atom is 0.307 e. The molecule has 0 bridgehead atoms. The van der Waals surface area contributed by atoms with Gasteiger partial charge >= 0.3 is 5.97 Å². The van der Waals surface area contributed by atoms with Crippen molar-refractivity contribution in [3.63, 3.8) is 0 Å². The second-order valence-corrected chi connectivity index (χ2v) is 10.7. The van der Waals surface area contributed by atoms with Crippen molar-refractivity contribution >= 4 is 39.2 Å². The average molecular weight is 485 g/mol. The highest BCUT2D eigenvalue weighted by Gasteiger charge is 2.38. The van der Waals surface area contributed by atoms with Gasteiger partial charge in [-0.15, -0.1) is 0 Å². The number of hydrogen-bond acceptors (Lipinski definition) is 4. The van der Waals surface area contributed by atoms with Crippen molar-refractivity contribution in [2.45, 2.75) is 43.7 Å². The Morgan fingerprint density at radius 3 is 2.32 bits per heavy atom. The van der Waals surface area contributed by atoms with E-state index in [0.29, 0.717) is 28.7 Å². The number of halogens is 2. The first-order valence-electron chi connectivity index (χ1n) is 10.1. The molecule has 0 amide bonds. The van der Waals surface area contributed by atoms with Gasteiger partial charge in [0.1, 0.15) is 0 Å². The molecule has 1 heterocycles. The smallest absolute Gasteiger partial charge is 0.307 e. The lowest BCUT2D eigenvalue weighted by atomic mass is 10.1. The monoisotopic (exact) mass is 484 g/mol. The Balaban J connectivity index is 1.70. The Morgan fingerprint density at radius 1 is 1.03 bits per heavy atom. The topological polar surface area (TPSA) is 77.9 Å². The fraction of sp³-hybridized carbons (Fsp3) is 0.409. The first-order valence-corrected chi connectivity index (χ1v) is 12.3. The average Bonchev–Trinajstić information content (AvgIpc) is 2.68. The number of hydrogen-bond donors (Lipinski definition) is 1. The quantitative estimate of drug-likeness (QED) is 0.643. The van der Waals surface area contributed by atoms with Gasteiger partial charge in [-0.2, -0.15) is 4.31 Å². The van der Waals surface area contributed by atoms with Crippen LogP contribution in [-0.4, -0.2) is 60.4 Å². The van der Waals surface area contributed by atoms with Gasteiger partial charge in [0, 0.05) is 31.7 Å². The third-order valence-electron chi connectivity index (χ3n) is 5.44. The highest BCUT2D eigenvalue weighted by Crippen LogP contribution is 2.27. The summed E-state index contributed by atoms with van der Waals surface area (Å²) < 4.78 is 28.2. The molecule has 9 heteroatoms. The summed E-state index contributed by atoms with van der Waals surface area (Å²) in [6.07, 6.45) is 0.581. The molecule has 2 aromatic rings. The lowest BCUT2D eigenvalue weighted by Gasteiger charge is -2.43. The van der Waals surface area contributed by atoms with Gasteiger partial charge in [0.2, 0.25) is 10.0 Å². The molecule has 0 saturated carbocycles. The minimum absolute atomic E-state index is 0.134. The van der Waals surface area contributed by atoms with Crippen molar-refractivity contribution in [3.05, 3.63) is 63.6 Å². The molecule has 1 fully saturated rings. The molecule has 0 radical (unpaired) electrons. The number of aliphatic carboxylic acids is 1. The molecular weight excluding hydrogens is 459 g/mol. The van der Waals surface area contributed by atoms with Gasteiger partial charge < -0.3 is 5.11 Å². The van der Waals surface area contributed by atoms with E-state index in [-0.39, 0.29) is 23.4 Å². The van der Waals surface area contributed by atoms with E-state index in [0.717, 1.165) is 18.5 Å². The van der Waals surface area contributed by atoms with E-state index in [1.165, 1.54) is 12.1 Å². The summed E-state index contributed by atoms with van der Waals surface area (Å²) in [6, 6.07) is 11.4. The highest BCUT2D eigenvalue weighted by molar-refractivity contribution is 7.89. The normalized spacial score (nSPS) is 20.6. The molecule has 3 rings (SSSR count). The van der Waals surface area contributed by atoms with Crippen LogP contribution >= 0.6 is 23.2 Å². The summed E-state index contributed by atoms with van der Waals surface area (Å²) in [5.41, 5.74) is 1.55. The molecule has 0 aliphatic carbocycles. The van der Waals surface area contributed by atoms with Crippen LogP contribution in [0.1, 0.15) is 25.0 Å². The van der Waals surface area contributed by atoms with Crippen LogP contribution in [0.25, 0.3) is 0 Å². The molecule has 0 aromatic heterocycles. The molecule has 31 heavy (non-hydrogen) atoms. The van der Waals surface area contributed by atoms with Crippen LogP contribution in [0.5, 0.6) is 0 Å². The second-order valence-electron chi connectivity index (χ2n) is 8.01. The van der Waals surface area contributed by atoms with Crippen LogP contribution in [-0.2, 0) is 27.7 Å². The molecule has 2 atom stereocenters. The van der Waals surface area contributed by atoms with Crippen LogP contribution in [0.4, 0.5) is 0 Å². The van der Waals surface area contributed by atoms with E-state index in [9.17, 15) is 13.2 Å². The Hall–Kier alpha value is -1.64. The van der Waals surface area contributed by atoms with E-state index in [4.69, 9.17) is 28.3 Å². The highest BCUT2D eigenvalue weighted by atomic mass is 35.5. The second kappa shape index (κ2) is 9.88. The van der Waals surface area contributed by atoms with Gasteiger partial charge in [-0.1, -0.05) is 41.4 Å². The summed E-state index contributed by atoms with van der Waals surface area (Å²) in [5, 5.41) is 10.1. The number of rotatable bonds is 7. The van der Waals surface area contributed by atoms with Gasteiger partial charge in [-0.25, -0.2) is 8.42 Å². The van der Waals surface area contributed by atoms with Crippen molar-refractivity contribution in [1.29, 1.82) is 0 Å². The van der Waals surface area contributed by atoms with Gasteiger partial charge in [-0.05, 0) is 55.7 Å². The van der Waals surface area contributed by atoms with E-state index in [1.807, 2.05) is 26.0 Å². The van der Waals surface area contributed by atoms with Gasteiger partial charge in [0.15, 0.2) is 0 Å². The molecule has 1 aliphatic heterocycles. The fourth-order valence-corrected chi connectivity index (χ4v) is 6.36. The first kappa shape index (κ1) is 24.0. The molecule has 168 valence electrons. The lowest BCUT2D eigenvalue weighted by molar-refractivity contribution is -0.136. The van der Waals surface area contributed by atoms with Crippen molar-refractivity contribution < 1.29 is 18.3 Å². The molecule has 1 aliphatic rings. The number of carbonyl (C=O) groups is 1. The summed E-state index contributed by atoms with van der Waals surface area (Å²) >= 11 is 12.1. The minimum atomic E-state index is -3.74. The van der Waals surface area contributed by atoms with Crippen molar-refractivity contribution in [2.24, 2.45) is 0 Å². The fourth-order valence-electron chi connectivity index (χ4n) is 4.17. The van der Waals surface area contributed by atoms with Gasteiger partial charge in [-0.3, -0.25) is 9.69 Å². The Bertz CT molecular complexity index is 1050. The van der Waals surface area contributed by atoms with Crippen molar-refractivity contribution in [3.8, 4) is 0 Å². The van der Waals surface area contributed by atoms with E-state index < -0.39 is 16.0 Å². The van der Waals surface area contributed by atoms with E-state index in [1.54, 1.807) is 22.5 Å². The van der Waals surface area contributed by atoms with Gasteiger partial charge in [0.05, 0.1) is 21.4 Å². The minimum Gasteiger partial charge on any atom is -0.481 e. The predicted molar refractivity (Wildman–Crippen MR) is 122 cm³/mol. The van der Waals surface area contributed by atoms with Crippen molar-refractivity contribution in [1.82, 2.24) is 9.21 Å². The molecule has 0 unspecified atom stereocenters. The van der Waals surface area contributed by atoms with Crippen LogP contribution < -0.4 is 0 Å². The zero-order valence-electron chi connectivity index (χ0n) is 17.5. The van der Waals surface area contributed by atoms with Gasteiger partial charge in [0.25, 0.3) is 0 Å². The molecule has 6 nitrogen and oxygen atoms in total. The molecule has 2 aromatic carbocycles. The molecule has 0 spiro atoms. The zero-order chi connectivity index (χ0) is 22.8. The third-order valence-corrected chi connectivity index (χ3v) is 8.31. The summed E-state index contributed by atoms with van der Waals surface area (Å²) in [7, 11) is -3.74. The molecule has 1 saturated heterocycles. The standard InChI is InChI=1S/C22H26Cl2N2O4S/c1-15-13-25(9-8-17-6-7-20(23)21(24)11-17)14-16(2)26(15)31(29,30)19-5-3-4-18(10-19)12-22(27)28/h3-7,10-11,15-16H,8-9,12-14H2,1-2H3,(H,27,28)/t15-,16+. The zero-order valence-corrected chi connectivity index (χ0v) is 19.8. The Kier molecular flexibility index (Phi) is 7.65. The number of carboxylic acids is 1. The molecular formula is C22H26Cl2N2O4S. The SMILES string of the molecule is C[C@@H]1CN(CCc2ccc(Cl)c(Cl)c2)C[C@H](C)N1S(=O)(=O)c1cccc(CC(=O)O)c1. The summed E-state index contributed by atoms with van der Waals surface area (Å²) in [6.45, 7) is 5.81. The largest absolute Gasteiger partial charge is 0.481 e. The lowest BCUT2D eigenvalue weighted by Crippen LogP contribution is -2.58. The number of carboxylic acid groups (broad SMARTS) is 1. The molecule has 1 N–H and O–H groups in total.